The molecule has 1 rings (SSSR count). The number of carboxylic acids is 1. The Balaban J connectivity index is 3.04. The molecular formula is C14H19NO4. The van der Waals surface area contributed by atoms with Crippen molar-refractivity contribution < 1.29 is 19.8 Å². The third-order valence-electron chi connectivity index (χ3n) is 3.13. The van der Waals surface area contributed by atoms with E-state index < -0.39 is 5.97 Å². The lowest BCUT2D eigenvalue weighted by Gasteiger charge is -2.27. The summed E-state index contributed by atoms with van der Waals surface area (Å²) in [4.78, 5) is 24.5. The van der Waals surface area contributed by atoms with Crippen LogP contribution in [0.2, 0.25) is 0 Å². The number of hydrogen-bond donors (Lipinski definition) is 2. The highest BCUT2D eigenvalue weighted by Crippen LogP contribution is 2.19. The molecule has 0 radical (unpaired) electrons. The van der Waals surface area contributed by atoms with Crippen molar-refractivity contribution in [1.82, 2.24) is 4.90 Å². The molecule has 19 heavy (non-hydrogen) atoms. The second-order valence-corrected chi connectivity index (χ2v) is 4.59. The van der Waals surface area contributed by atoms with Gasteiger partial charge in [0, 0.05) is 11.6 Å². The van der Waals surface area contributed by atoms with E-state index in [1.54, 1.807) is 13.0 Å². The average molecular weight is 265 g/mol. The van der Waals surface area contributed by atoms with Gasteiger partial charge in [-0.05, 0) is 44.0 Å². The van der Waals surface area contributed by atoms with Crippen molar-refractivity contribution in [3.8, 4) is 5.75 Å². The summed E-state index contributed by atoms with van der Waals surface area (Å²) in [5.74, 6) is -1.26. The molecule has 5 heteroatoms. The molecule has 0 bridgehead atoms. The zero-order chi connectivity index (χ0) is 14.6. The molecule has 0 aliphatic carbocycles. The van der Waals surface area contributed by atoms with Crippen LogP contribution in [0.3, 0.4) is 0 Å². The summed E-state index contributed by atoms with van der Waals surface area (Å²) in [6.45, 7) is 5.08. The number of aromatic hydroxyl groups is 1. The Morgan fingerprint density at radius 3 is 2.47 bits per heavy atom. The van der Waals surface area contributed by atoms with Gasteiger partial charge in [0.25, 0.3) is 5.91 Å². The van der Waals surface area contributed by atoms with Gasteiger partial charge in [0.15, 0.2) is 0 Å². The number of phenolic OH excluding ortho intramolecular Hbond substituents is 1. The molecule has 1 aromatic rings. The van der Waals surface area contributed by atoms with Crippen LogP contribution in [0.4, 0.5) is 0 Å². The first kappa shape index (κ1) is 15.0. The molecule has 5 nitrogen and oxygen atoms in total. The SMILES string of the molecule is CCC(C)N(CC(=O)O)C(=O)c1ccc(O)c(C)c1. The van der Waals surface area contributed by atoms with E-state index in [0.29, 0.717) is 17.5 Å². The molecule has 0 aliphatic rings. The Morgan fingerprint density at radius 2 is 2.00 bits per heavy atom. The molecule has 104 valence electrons. The Kier molecular flexibility index (Phi) is 4.92. The van der Waals surface area contributed by atoms with Gasteiger partial charge in [-0.15, -0.1) is 0 Å². The fraction of sp³-hybridized carbons (Fsp3) is 0.429. The number of carboxylic acid groups (broad SMARTS) is 1. The van der Waals surface area contributed by atoms with Gasteiger partial charge in [-0.1, -0.05) is 6.92 Å². The van der Waals surface area contributed by atoms with Crippen LogP contribution in [0.5, 0.6) is 5.75 Å². The summed E-state index contributed by atoms with van der Waals surface area (Å²) < 4.78 is 0. The summed E-state index contributed by atoms with van der Waals surface area (Å²) in [7, 11) is 0. The maximum absolute atomic E-state index is 12.3. The lowest BCUT2D eigenvalue weighted by molar-refractivity contribution is -0.138. The lowest BCUT2D eigenvalue weighted by Crippen LogP contribution is -2.41. The highest BCUT2D eigenvalue weighted by Gasteiger charge is 2.23. The third kappa shape index (κ3) is 3.71. The van der Waals surface area contributed by atoms with Crippen molar-refractivity contribution in [1.29, 1.82) is 0 Å². The number of benzene rings is 1. The first-order valence-corrected chi connectivity index (χ1v) is 6.19. The second-order valence-electron chi connectivity index (χ2n) is 4.59. The monoisotopic (exact) mass is 265 g/mol. The molecule has 2 N–H and O–H groups in total. The summed E-state index contributed by atoms with van der Waals surface area (Å²) in [5.41, 5.74) is 0.974. The topological polar surface area (TPSA) is 77.8 Å². The summed E-state index contributed by atoms with van der Waals surface area (Å²) in [5, 5.41) is 18.3. The fourth-order valence-corrected chi connectivity index (χ4v) is 1.75. The van der Waals surface area contributed by atoms with Gasteiger partial charge >= 0.3 is 5.97 Å². The highest BCUT2D eigenvalue weighted by atomic mass is 16.4. The zero-order valence-corrected chi connectivity index (χ0v) is 11.4. The molecule has 0 spiro atoms. The Labute approximate surface area is 112 Å². The van der Waals surface area contributed by atoms with Crippen LogP contribution in [0.15, 0.2) is 18.2 Å². The summed E-state index contributed by atoms with van der Waals surface area (Å²) in [6, 6.07) is 4.35. The quantitative estimate of drug-likeness (QED) is 0.853. The van der Waals surface area contributed by atoms with Crippen LogP contribution in [0.1, 0.15) is 36.2 Å². The minimum Gasteiger partial charge on any atom is -0.508 e. The molecule has 0 aliphatic heterocycles. The van der Waals surface area contributed by atoms with E-state index in [-0.39, 0.29) is 24.2 Å². The number of hydrogen-bond acceptors (Lipinski definition) is 3. The number of nitrogens with zero attached hydrogens (tertiary/aromatic N) is 1. The minimum atomic E-state index is -1.04. The highest BCUT2D eigenvalue weighted by molar-refractivity contribution is 5.96. The van der Waals surface area contributed by atoms with E-state index in [2.05, 4.69) is 0 Å². The zero-order valence-electron chi connectivity index (χ0n) is 11.4. The molecule has 1 aromatic carbocycles. The Bertz CT molecular complexity index is 484. The normalized spacial score (nSPS) is 11.9. The van der Waals surface area contributed by atoms with Crippen molar-refractivity contribution in [3.05, 3.63) is 29.3 Å². The maximum Gasteiger partial charge on any atom is 0.323 e. The third-order valence-corrected chi connectivity index (χ3v) is 3.13. The number of rotatable bonds is 5. The van der Waals surface area contributed by atoms with Crippen LogP contribution in [0, 0.1) is 6.92 Å². The van der Waals surface area contributed by atoms with Gasteiger partial charge in [-0.2, -0.15) is 0 Å². The van der Waals surface area contributed by atoms with E-state index in [4.69, 9.17) is 5.11 Å². The van der Waals surface area contributed by atoms with Crippen molar-refractivity contribution in [3.63, 3.8) is 0 Å². The van der Waals surface area contributed by atoms with Crippen LogP contribution >= 0.6 is 0 Å². The smallest absolute Gasteiger partial charge is 0.323 e. The van der Waals surface area contributed by atoms with E-state index in [1.165, 1.54) is 17.0 Å². The van der Waals surface area contributed by atoms with Crippen LogP contribution < -0.4 is 0 Å². The van der Waals surface area contributed by atoms with Gasteiger partial charge in [0.05, 0.1) is 0 Å². The largest absolute Gasteiger partial charge is 0.508 e. The summed E-state index contributed by atoms with van der Waals surface area (Å²) in [6.07, 6.45) is 0.677. The van der Waals surface area contributed by atoms with Gasteiger partial charge in [-0.3, -0.25) is 9.59 Å². The van der Waals surface area contributed by atoms with Gasteiger partial charge in [0.1, 0.15) is 12.3 Å². The van der Waals surface area contributed by atoms with Crippen LogP contribution in [-0.2, 0) is 4.79 Å². The van der Waals surface area contributed by atoms with Crippen molar-refractivity contribution in [2.24, 2.45) is 0 Å². The molecule has 0 fully saturated rings. The molecule has 0 saturated heterocycles. The van der Waals surface area contributed by atoms with Gasteiger partial charge < -0.3 is 15.1 Å². The molecule has 1 unspecified atom stereocenters. The van der Waals surface area contributed by atoms with Crippen LogP contribution in [-0.4, -0.2) is 39.6 Å². The molecule has 0 saturated carbocycles. The summed E-state index contributed by atoms with van der Waals surface area (Å²) >= 11 is 0. The minimum absolute atomic E-state index is 0.116. The van der Waals surface area contributed by atoms with Crippen molar-refractivity contribution in [2.45, 2.75) is 33.2 Å². The first-order valence-electron chi connectivity index (χ1n) is 6.19. The molecule has 0 aromatic heterocycles. The number of phenols is 1. The molecular weight excluding hydrogens is 246 g/mol. The second kappa shape index (κ2) is 6.22. The average Bonchev–Trinajstić information content (AvgIpc) is 2.37. The number of aryl methyl sites for hydroxylation is 1. The van der Waals surface area contributed by atoms with Crippen LogP contribution in [0.25, 0.3) is 0 Å². The first-order chi connectivity index (χ1) is 8.86. The Morgan fingerprint density at radius 1 is 1.37 bits per heavy atom. The van der Waals surface area contributed by atoms with E-state index >= 15 is 0 Å². The maximum atomic E-state index is 12.3. The standard InChI is InChI=1S/C14H19NO4/c1-4-10(3)15(8-13(17)18)14(19)11-5-6-12(16)9(2)7-11/h5-7,10,16H,4,8H2,1-3H3,(H,17,18). The Hall–Kier alpha value is -2.04. The number of carbonyl (C=O) groups excluding carboxylic acids is 1. The number of aliphatic carboxylic acids is 1. The predicted molar refractivity (Wildman–Crippen MR) is 71.3 cm³/mol. The van der Waals surface area contributed by atoms with E-state index in [9.17, 15) is 14.7 Å². The molecule has 1 atom stereocenters. The molecule has 1 amide bonds. The lowest BCUT2D eigenvalue weighted by atomic mass is 10.1. The van der Waals surface area contributed by atoms with E-state index in [1.807, 2.05) is 13.8 Å². The van der Waals surface area contributed by atoms with Crippen molar-refractivity contribution in [2.75, 3.05) is 6.54 Å². The predicted octanol–water partition coefficient (Wildman–Crippen LogP) is 2.03. The number of carbonyl (C=O) groups is 2. The van der Waals surface area contributed by atoms with E-state index in [0.717, 1.165) is 0 Å². The molecule has 0 heterocycles. The van der Waals surface area contributed by atoms with Gasteiger partial charge in [-0.25, -0.2) is 0 Å². The fourth-order valence-electron chi connectivity index (χ4n) is 1.75. The van der Waals surface area contributed by atoms with Crippen molar-refractivity contribution >= 4 is 11.9 Å². The number of amides is 1. The van der Waals surface area contributed by atoms with Gasteiger partial charge in [0.2, 0.25) is 0 Å².